The Labute approximate surface area is 186 Å². The van der Waals surface area contributed by atoms with Crippen LogP contribution in [0.3, 0.4) is 0 Å². The lowest BCUT2D eigenvalue weighted by Crippen LogP contribution is -2.26. The molecule has 1 aromatic carbocycles. The summed E-state index contributed by atoms with van der Waals surface area (Å²) in [7, 11) is 1.95. The van der Waals surface area contributed by atoms with Gasteiger partial charge in [0, 0.05) is 18.8 Å². The molecule has 0 aliphatic heterocycles. The largest absolute Gasteiger partial charge is 0.345 e. The van der Waals surface area contributed by atoms with E-state index in [4.69, 9.17) is 16.6 Å². The van der Waals surface area contributed by atoms with E-state index in [0.29, 0.717) is 10.7 Å². The van der Waals surface area contributed by atoms with Crippen LogP contribution < -0.4 is 5.32 Å². The topological polar surface area (TPSA) is 85.6 Å². The minimum absolute atomic E-state index is 0.195. The van der Waals surface area contributed by atoms with Crippen molar-refractivity contribution in [2.24, 2.45) is 7.05 Å². The molecule has 0 fully saturated rings. The van der Waals surface area contributed by atoms with Crippen molar-refractivity contribution in [3.63, 3.8) is 0 Å². The zero-order valence-electron chi connectivity index (χ0n) is 16.7. The van der Waals surface area contributed by atoms with Crippen LogP contribution in [0, 0.1) is 0 Å². The maximum atomic E-state index is 12.5. The summed E-state index contributed by atoms with van der Waals surface area (Å²) in [5, 5.41) is 4.23. The molecule has 5 aromatic rings. The van der Waals surface area contributed by atoms with Crippen molar-refractivity contribution in [3.8, 4) is 10.6 Å². The third kappa shape index (κ3) is 3.64. The lowest BCUT2D eigenvalue weighted by atomic mass is 10.0. The summed E-state index contributed by atoms with van der Waals surface area (Å²) in [5.74, 6) is -0.204. The number of pyridine rings is 2. The number of thiazole rings is 1. The van der Waals surface area contributed by atoms with Crippen LogP contribution in [-0.4, -0.2) is 30.4 Å². The maximum Gasteiger partial charge on any atom is 0.253 e. The molecule has 0 aliphatic rings. The van der Waals surface area contributed by atoms with E-state index in [1.54, 1.807) is 24.7 Å². The Morgan fingerprint density at radius 2 is 2.03 bits per heavy atom. The summed E-state index contributed by atoms with van der Waals surface area (Å²) in [6.07, 6.45) is 5.01. The number of hydrogen-bond acceptors (Lipinski definition) is 6. The Morgan fingerprint density at radius 3 is 2.84 bits per heavy atom. The normalized spacial score (nSPS) is 12.4. The van der Waals surface area contributed by atoms with Crippen molar-refractivity contribution in [2.45, 2.75) is 13.0 Å². The standard InChI is InChI=1S/C22H17ClN6OS/c1-12(27-20(30)15-6-7-17(23)24-9-15)13-4-3-5-14(8-13)21-28-18-19-16(26-11-29(19)2)10-25-22(18)31-21/h3-12H,1-2H3,(H,27,30)/t12-/m0/s1. The van der Waals surface area contributed by atoms with Gasteiger partial charge in [-0.3, -0.25) is 4.79 Å². The fourth-order valence-electron chi connectivity index (χ4n) is 3.44. The molecule has 0 bridgehead atoms. The molecule has 9 heteroatoms. The van der Waals surface area contributed by atoms with E-state index in [1.165, 1.54) is 17.5 Å². The number of nitrogens with one attached hydrogen (secondary N) is 1. The molecule has 0 unspecified atom stereocenters. The summed E-state index contributed by atoms with van der Waals surface area (Å²) in [5.41, 5.74) is 5.06. The monoisotopic (exact) mass is 448 g/mol. The highest BCUT2D eigenvalue weighted by Crippen LogP contribution is 2.33. The van der Waals surface area contributed by atoms with E-state index in [0.717, 1.165) is 37.5 Å². The van der Waals surface area contributed by atoms with E-state index < -0.39 is 0 Å². The number of amides is 1. The first-order valence-corrected chi connectivity index (χ1v) is 10.8. The number of halogens is 1. The molecule has 31 heavy (non-hydrogen) atoms. The Morgan fingerprint density at radius 1 is 1.16 bits per heavy atom. The zero-order valence-corrected chi connectivity index (χ0v) is 18.3. The van der Waals surface area contributed by atoms with Crippen LogP contribution in [-0.2, 0) is 7.05 Å². The molecule has 0 radical (unpaired) electrons. The fraction of sp³-hybridized carbons (Fsp3) is 0.136. The number of rotatable bonds is 4. The van der Waals surface area contributed by atoms with Gasteiger partial charge < -0.3 is 9.88 Å². The number of fused-ring (bicyclic) bond motifs is 3. The molecule has 0 saturated carbocycles. The predicted octanol–water partition coefficient (Wildman–Crippen LogP) is 4.78. The van der Waals surface area contributed by atoms with E-state index in [2.05, 4.69) is 20.3 Å². The first kappa shape index (κ1) is 19.6. The molecule has 1 atom stereocenters. The number of benzene rings is 1. The van der Waals surface area contributed by atoms with E-state index in [1.807, 2.05) is 42.8 Å². The molecule has 1 amide bonds. The van der Waals surface area contributed by atoms with Crippen LogP contribution in [0.1, 0.15) is 28.9 Å². The van der Waals surface area contributed by atoms with Gasteiger partial charge in [-0.1, -0.05) is 41.1 Å². The fourth-order valence-corrected chi connectivity index (χ4v) is 4.46. The van der Waals surface area contributed by atoms with Gasteiger partial charge in [0.25, 0.3) is 5.91 Å². The molecular weight excluding hydrogens is 432 g/mol. The van der Waals surface area contributed by atoms with Gasteiger partial charge in [-0.2, -0.15) is 0 Å². The average molecular weight is 449 g/mol. The number of carbonyl (C=O) groups is 1. The highest BCUT2D eigenvalue weighted by molar-refractivity contribution is 7.21. The molecule has 0 spiro atoms. The molecule has 154 valence electrons. The van der Waals surface area contributed by atoms with Crippen LogP contribution in [0.2, 0.25) is 5.15 Å². The molecule has 0 saturated heterocycles. The SMILES string of the molecule is C[C@H](NC(=O)c1ccc(Cl)nc1)c1cccc(-c2nc3c(ncc4ncn(C)c43)s2)c1. The summed E-state index contributed by atoms with van der Waals surface area (Å²) in [6, 6.07) is 11.1. The van der Waals surface area contributed by atoms with Gasteiger partial charge in [0.1, 0.15) is 26.0 Å². The highest BCUT2D eigenvalue weighted by atomic mass is 35.5. The summed E-state index contributed by atoms with van der Waals surface area (Å²) in [4.78, 5) is 31.1. The number of imidazole rings is 1. The Balaban J connectivity index is 1.44. The highest BCUT2D eigenvalue weighted by Gasteiger charge is 2.16. The van der Waals surface area contributed by atoms with Gasteiger partial charge in [0.2, 0.25) is 0 Å². The molecule has 4 aromatic heterocycles. The lowest BCUT2D eigenvalue weighted by Gasteiger charge is -2.15. The van der Waals surface area contributed by atoms with Gasteiger partial charge in [0.15, 0.2) is 0 Å². The van der Waals surface area contributed by atoms with Crippen LogP contribution in [0.15, 0.2) is 55.1 Å². The molecule has 4 heterocycles. The summed E-state index contributed by atoms with van der Waals surface area (Å²) >= 11 is 7.34. The average Bonchev–Trinajstić information content (AvgIpc) is 3.37. The van der Waals surface area contributed by atoms with E-state index in [9.17, 15) is 4.79 Å². The third-order valence-electron chi connectivity index (χ3n) is 5.07. The van der Waals surface area contributed by atoms with Crippen LogP contribution >= 0.6 is 22.9 Å². The minimum atomic E-state index is -0.204. The van der Waals surface area contributed by atoms with Crippen LogP contribution in [0.25, 0.3) is 32.0 Å². The molecule has 7 nitrogen and oxygen atoms in total. The van der Waals surface area contributed by atoms with Gasteiger partial charge >= 0.3 is 0 Å². The second-order valence-corrected chi connectivity index (χ2v) is 8.58. The summed E-state index contributed by atoms with van der Waals surface area (Å²) < 4.78 is 1.96. The molecule has 1 N–H and O–H groups in total. The second kappa shape index (κ2) is 7.72. The maximum absolute atomic E-state index is 12.5. The minimum Gasteiger partial charge on any atom is -0.345 e. The summed E-state index contributed by atoms with van der Waals surface area (Å²) in [6.45, 7) is 1.94. The van der Waals surface area contributed by atoms with E-state index >= 15 is 0 Å². The number of hydrogen-bond donors (Lipinski definition) is 1. The Bertz CT molecular complexity index is 1430. The lowest BCUT2D eigenvalue weighted by molar-refractivity contribution is 0.0939. The number of nitrogens with zero attached hydrogens (tertiary/aromatic N) is 5. The number of aryl methyl sites for hydroxylation is 1. The zero-order chi connectivity index (χ0) is 21.5. The smallest absolute Gasteiger partial charge is 0.253 e. The number of carbonyl (C=O) groups excluding carboxylic acids is 1. The van der Waals surface area contributed by atoms with Crippen LogP contribution in [0.5, 0.6) is 0 Å². The van der Waals surface area contributed by atoms with Gasteiger partial charge in [-0.25, -0.2) is 19.9 Å². The van der Waals surface area contributed by atoms with Gasteiger partial charge in [-0.05, 0) is 30.7 Å². The van der Waals surface area contributed by atoms with Gasteiger partial charge in [-0.15, -0.1) is 0 Å². The first-order chi connectivity index (χ1) is 15.0. The predicted molar refractivity (Wildman–Crippen MR) is 122 cm³/mol. The molecule has 5 rings (SSSR count). The second-order valence-electron chi connectivity index (χ2n) is 7.21. The first-order valence-electron chi connectivity index (χ1n) is 9.59. The van der Waals surface area contributed by atoms with Crippen molar-refractivity contribution in [1.82, 2.24) is 29.8 Å². The third-order valence-corrected chi connectivity index (χ3v) is 6.31. The van der Waals surface area contributed by atoms with Crippen molar-refractivity contribution >= 4 is 50.2 Å². The molecular formula is C22H17ClN6OS. The quantitative estimate of drug-likeness (QED) is 0.400. The van der Waals surface area contributed by atoms with E-state index in [-0.39, 0.29) is 11.9 Å². The number of aromatic nitrogens is 5. The molecule has 0 aliphatic carbocycles. The Hall–Kier alpha value is -3.36. The van der Waals surface area contributed by atoms with Gasteiger partial charge in [0.05, 0.1) is 29.6 Å². The van der Waals surface area contributed by atoms with Crippen LogP contribution in [0.4, 0.5) is 0 Å². The van der Waals surface area contributed by atoms with Crippen molar-refractivity contribution in [3.05, 3.63) is 71.4 Å². The Kier molecular flexibility index (Phi) is 4.88. The van der Waals surface area contributed by atoms with Crippen molar-refractivity contribution < 1.29 is 4.79 Å². The van der Waals surface area contributed by atoms with Crippen molar-refractivity contribution in [2.75, 3.05) is 0 Å². The van der Waals surface area contributed by atoms with Crippen molar-refractivity contribution in [1.29, 1.82) is 0 Å².